The smallest absolute Gasteiger partial charge is 0.226 e. The second-order valence-corrected chi connectivity index (χ2v) is 7.92. The number of hydrogen-bond donors (Lipinski definition) is 0. The van der Waals surface area contributed by atoms with Gasteiger partial charge < -0.3 is 9.64 Å². The molecule has 0 aromatic carbocycles. The van der Waals surface area contributed by atoms with Crippen LogP contribution in [0.3, 0.4) is 0 Å². The van der Waals surface area contributed by atoms with Crippen molar-refractivity contribution in [2.24, 2.45) is 13.0 Å². The molecule has 1 atom stereocenters. The van der Waals surface area contributed by atoms with E-state index in [9.17, 15) is 4.79 Å². The number of ether oxygens (including phenoxy) is 1. The fraction of sp³-hybridized carbons (Fsp3) is 0.700. The first-order valence-electron chi connectivity index (χ1n) is 9.75. The molecule has 1 aliphatic heterocycles. The van der Waals surface area contributed by atoms with Crippen LogP contribution in [0.5, 0.6) is 0 Å². The highest BCUT2D eigenvalue weighted by molar-refractivity contribution is 5.79. The first kappa shape index (κ1) is 16.8. The molecule has 0 N–H and O–H groups in total. The maximum absolute atomic E-state index is 12.8. The van der Waals surface area contributed by atoms with E-state index in [1.807, 2.05) is 22.8 Å². The number of allylic oxidation sites excluding steroid dienone is 1. The van der Waals surface area contributed by atoms with Gasteiger partial charge >= 0.3 is 0 Å². The maximum atomic E-state index is 12.8. The van der Waals surface area contributed by atoms with Crippen LogP contribution in [-0.4, -0.2) is 40.3 Å². The van der Waals surface area contributed by atoms with E-state index < -0.39 is 0 Å². The van der Waals surface area contributed by atoms with Crippen molar-refractivity contribution < 1.29 is 9.53 Å². The minimum atomic E-state index is 0.235. The summed E-state index contributed by atoms with van der Waals surface area (Å²) in [5.74, 6) is 1.26. The molecule has 5 heteroatoms. The summed E-state index contributed by atoms with van der Waals surface area (Å²) >= 11 is 0. The van der Waals surface area contributed by atoms with E-state index in [1.165, 1.54) is 42.5 Å². The lowest BCUT2D eigenvalue weighted by Gasteiger charge is -2.33. The summed E-state index contributed by atoms with van der Waals surface area (Å²) < 4.78 is 7.93. The Morgan fingerprint density at radius 2 is 2.20 bits per heavy atom. The normalized spacial score (nSPS) is 23.3. The van der Waals surface area contributed by atoms with Crippen LogP contribution in [0.4, 0.5) is 0 Å². The number of hydrogen-bond acceptors (Lipinski definition) is 3. The Morgan fingerprint density at radius 1 is 1.32 bits per heavy atom. The molecule has 1 fully saturated rings. The van der Waals surface area contributed by atoms with Crippen molar-refractivity contribution in [3.63, 3.8) is 0 Å². The SMILES string of the molecule is Cn1ncc2c1C(COCC1CC1)CN(C(=O)CC1=CCCCC1)C2. The fourth-order valence-electron chi connectivity index (χ4n) is 4.12. The van der Waals surface area contributed by atoms with Crippen molar-refractivity contribution in [1.29, 1.82) is 0 Å². The third-order valence-electron chi connectivity index (χ3n) is 5.74. The van der Waals surface area contributed by atoms with E-state index in [0.29, 0.717) is 19.6 Å². The quantitative estimate of drug-likeness (QED) is 0.746. The molecular formula is C20H29N3O2. The van der Waals surface area contributed by atoms with Crippen LogP contribution in [0, 0.1) is 5.92 Å². The fourth-order valence-corrected chi connectivity index (χ4v) is 4.12. The second-order valence-electron chi connectivity index (χ2n) is 7.92. The minimum Gasteiger partial charge on any atom is -0.380 e. The number of aryl methyl sites for hydroxylation is 1. The van der Waals surface area contributed by atoms with Crippen molar-refractivity contribution in [2.75, 3.05) is 19.8 Å². The van der Waals surface area contributed by atoms with Crippen molar-refractivity contribution in [2.45, 2.75) is 57.4 Å². The average molecular weight is 343 g/mol. The molecule has 0 bridgehead atoms. The molecule has 1 aromatic rings. The molecule has 1 unspecified atom stereocenters. The Labute approximate surface area is 150 Å². The van der Waals surface area contributed by atoms with E-state index >= 15 is 0 Å². The summed E-state index contributed by atoms with van der Waals surface area (Å²) in [5, 5.41) is 4.43. The zero-order valence-corrected chi connectivity index (χ0v) is 15.2. The average Bonchev–Trinajstić information content (AvgIpc) is 3.37. The molecular weight excluding hydrogens is 314 g/mol. The van der Waals surface area contributed by atoms with Gasteiger partial charge in [0.2, 0.25) is 5.91 Å². The molecule has 0 saturated heterocycles. The van der Waals surface area contributed by atoms with Gasteiger partial charge in [-0.2, -0.15) is 5.10 Å². The summed E-state index contributed by atoms with van der Waals surface area (Å²) in [7, 11) is 2.00. The zero-order valence-electron chi connectivity index (χ0n) is 15.2. The van der Waals surface area contributed by atoms with Crippen LogP contribution in [0.15, 0.2) is 17.8 Å². The van der Waals surface area contributed by atoms with E-state index in [2.05, 4.69) is 11.2 Å². The molecule has 2 aliphatic carbocycles. The lowest BCUT2D eigenvalue weighted by molar-refractivity contribution is -0.132. The summed E-state index contributed by atoms with van der Waals surface area (Å²) in [5.41, 5.74) is 3.76. The van der Waals surface area contributed by atoms with Gasteiger partial charge in [-0.05, 0) is 44.4 Å². The van der Waals surface area contributed by atoms with Gasteiger partial charge in [0.1, 0.15) is 0 Å². The van der Waals surface area contributed by atoms with E-state index in [4.69, 9.17) is 4.74 Å². The lowest BCUT2D eigenvalue weighted by atomic mass is 9.94. The minimum absolute atomic E-state index is 0.235. The summed E-state index contributed by atoms with van der Waals surface area (Å²) in [6.07, 6.45) is 12.1. The number of amides is 1. The third kappa shape index (κ3) is 3.97. The Balaban J connectivity index is 1.42. The zero-order chi connectivity index (χ0) is 17.2. The van der Waals surface area contributed by atoms with Crippen LogP contribution in [-0.2, 0) is 23.1 Å². The topological polar surface area (TPSA) is 47.4 Å². The molecule has 2 heterocycles. The Morgan fingerprint density at radius 3 is 2.96 bits per heavy atom. The van der Waals surface area contributed by atoms with Crippen molar-refractivity contribution in [3.8, 4) is 0 Å². The molecule has 25 heavy (non-hydrogen) atoms. The Bertz CT molecular complexity index is 660. The maximum Gasteiger partial charge on any atom is 0.226 e. The third-order valence-corrected chi connectivity index (χ3v) is 5.74. The van der Waals surface area contributed by atoms with Crippen molar-refractivity contribution >= 4 is 5.91 Å². The van der Waals surface area contributed by atoms with Crippen LogP contribution in [0.2, 0.25) is 0 Å². The van der Waals surface area contributed by atoms with Gasteiger partial charge in [-0.3, -0.25) is 9.48 Å². The molecule has 1 saturated carbocycles. The highest BCUT2D eigenvalue weighted by atomic mass is 16.5. The molecule has 1 amide bonds. The monoisotopic (exact) mass is 343 g/mol. The predicted molar refractivity (Wildman–Crippen MR) is 96.1 cm³/mol. The number of aromatic nitrogens is 2. The van der Waals surface area contributed by atoms with Crippen molar-refractivity contribution in [1.82, 2.24) is 14.7 Å². The largest absolute Gasteiger partial charge is 0.380 e. The lowest BCUT2D eigenvalue weighted by Crippen LogP contribution is -2.40. The van der Waals surface area contributed by atoms with E-state index in [1.54, 1.807) is 0 Å². The van der Waals surface area contributed by atoms with Gasteiger partial charge in [0.25, 0.3) is 0 Å². The molecule has 0 radical (unpaired) electrons. The summed E-state index contributed by atoms with van der Waals surface area (Å²) in [6.45, 7) is 3.00. The summed E-state index contributed by atoms with van der Waals surface area (Å²) in [4.78, 5) is 14.9. The van der Waals surface area contributed by atoms with E-state index in [0.717, 1.165) is 31.9 Å². The van der Waals surface area contributed by atoms with Crippen LogP contribution in [0.1, 0.15) is 62.1 Å². The highest BCUT2D eigenvalue weighted by Crippen LogP contribution is 2.32. The summed E-state index contributed by atoms with van der Waals surface area (Å²) in [6, 6.07) is 0. The van der Waals surface area contributed by atoms with Crippen molar-refractivity contribution in [3.05, 3.63) is 29.1 Å². The number of nitrogens with zero attached hydrogens (tertiary/aromatic N) is 3. The molecule has 5 nitrogen and oxygen atoms in total. The van der Waals surface area contributed by atoms with Gasteiger partial charge in [-0.25, -0.2) is 0 Å². The Kier molecular flexibility index (Phi) is 4.93. The standard InChI is InChI=1S/C20H29N3O2/c1-22-20-17(10-21-22)11-23(12-18(20)14-25-13-16-7-8-16)19(24)9-15-5-3-2-4-6-15/h5,10,16,18H,2-4,6-9,11-14H2,1H3. The van der Waals surface area contributed by atoms with Gasteiger partial charge in [0.15, 0.2) is 0 Å². The van der Waals surface area contributed by atoms with Gasteiger partial charge in [-0.1, -0.05) is 11.6 Å². The first-order chi connectivity index (χ1) is 12.2. The van der Waals surface area contributed by atoms with Crippen LogP contribution >= 0.6 is 0 Å². The number of fused-ring (bicyclic) bond motifs is 1. The molecule has 1 aromatic heterocycles. The molecule has 3 aliphatic rings. The molecule has 0 spiro atoms. The predicted octanol–water partition coefficient (Wildman–Crippen LogP) is 3.16. The Hall–Kier alpha value is -1.62. The van der Waals surface area contributed by atoms with Gasteiger partial charge in [-0.15, -0.1) is 0 Å². The number of carbonyl (C=O) groups is 1. The van der Waals surface area contributed by atoms with E-state index in [-0.39, 0.29) is 11.8 Å². The number of carbonyl (C=O) groups excluding carboxylic acids is 1. The van der Waals surface area contributed by atoms with Gasteiger partial charge in [0.05, 0.1) is 18.5 Å². The highest BCUT2D eigenvalue weighted by Gasteiger charge is 2.32. The van der Waals surface area contributed by atoms with Crippen LogP contribution < -0.4 is 0 Å². The van der Waals surface area contributed by atoms with Gasteiger partial charge in [0, 0.05) is 44.6 Å². The molecule has 136 valence electrons. The number of rotatable bonds is 6. The second kappa shape index (κ2) is 7.32. The molecule has 4 rings (SSSR count). The van der Waals surface area contributed by atoms with Crippen LogP contribution in [0.25, 0.3) is 0 Å². The first-order valence-corrected chi connectivity index (χ1v) is 9.75.